The van der Waals surface area contributed by atoms with Gasteiger partial charge in [-0.15, -0.1) is 0 Å². The summed E-state index contributed by atoms with van der Waals surface area (Å²) in [6.45, 7) is 2.42. The van der Waals surface area contributed by atoms with Crippen LogP contribution in [0.15, 0.2) is 48.8 Å². The molecule has 1 aromatic heterocycles. The summed E-state index contributed by atoms with van der Waals surface area (Å²) in [4.78, 5) is 24.9. The summed E-state index contributed by atoms with van der Waals surface area (Å²) in [7, 11) is 1.84. The second-order valence-corrected chi connectivity index (χ2v) is 6.20. The molecule has 1 aliphatic heterocycles. The zero-order valence-corrected chi connectivity index (χ0v) is 14.5. The Balaban J connectivity index is 1.49. The minimum Gasteiger partial charge on any atom is -0.365 e. The number of rotatable bonds is 6. The van der Waals surface area contributed by atoms with Crippen LogP contribution in [0.25, 0.3) is 0 Å². The minimum atomic E-state index is -0.459. The molecule has 25 heavy (non-hydrogen) atoms. The highest BCUT2D eigenvalue weighted by Crippen LogP contribution is 2.14. The molecule has 1 aromatic carbocycles. The summed E-state index contributed by atoms with van der Waals surface area (Å²) < 4.78 is 5.69. The first kappa shape index (κ1) is 17.4. The Morgan fingerprint density at radius 1 is 1.24 bits per heavy atom. The van der Waals surface area contributed by atoms with Gasteiger partial charge in [-0.2, -0.15) is 0 Å². The number of ether oxygens (including phenoxy) is 1. The maximum absolute atomic E-state index is 12.7. The molecular weight excluding hydrogens is 316 g/mol. The zero-order valence-electron chi connectivity index (χ0n) is 14.5. The summed E-state index contributed by atoms with van der Waals surface area (Å²) in [5.74, 6) is 0.670. The number of benzene rings is 1. The fraction of sp³-hybridized carbons (Fsp3) is 0.421. The molecule has 3 rings (SSSR count). The minimum absolute atomic E-state index is 0.0219. The summed E-state index contributed by atoms with van der Waals surface area (Å²) in [5, 5.41) is 0. The Morgan fingerprint density at radius 3 is 2.76 bits per heavy atom. The molecule has 1 atom stereocenters. The van der Waals surface area contributed by atoms with E-state index in [1.165, 1.54) is 5.56 Å². The Kier molecular flexibility index (Phi) is 5.95. The van der Waals surface area contributed by atoms with Crippen molar-refractivity contribution in [2.24, 2.45) is 0 Å². The molecule has 0 spiro atoms. The van der Waals surface area contributed by atoms with Gasteiger partial charge in [-0.25, -0.2) is 9.97 Å². The summed E-state index contributed by atoms with van der Waals surface area (Å²) in [6, 6.07) is 12.1. The maximum Gasteiger partial charge on any atom is 0.253 e. The van der Waals surface area contributed by atoms with Crippen molar-refractivity contribution >= 4 is 11.9 Å². The van der Waals surface area contributed by atoms with Crippen LogP contribution in [-0.2, 0) is 16.0 Å². The number of amides is 1. The number of hydrogen-bond acceptors (Lipinski definition) is 5. The van der Waals surface area contributed by atoms with E-state index in [0.717, 1.165) is 19.4 Å². The molecule has 1 amide bonds. The quantitative estimate of drug-likeness (QED) is 0.802. The molecule has 1 aliphatic rings. The third kappa shape index (κ3) is 4.76. The van der Waals surface area contributed by atoms with E-state index < -0.39 is 6.10 Å². The monoisotopic (exact) mass is 340 g/mol. The molecule has 0 saturated carbocycles. The van der Waals surface area contributed by atoms with Crippen molar-refractivity contribution in [1.82, 2.24) is 14.9 Å². The number of likely N-dealkylation sites (N-methyl/N-ethyl adjacent to an activating group) is 1. The van der Waals surface area contributed by atoms with Gasteiger partial charge in [0.2, 0.25) is 5.95 Å². The van der Waals surface area contributed by atoms with E-state index in [2.05, 4.69) is 22.1 Å². The first-order valence-corrected chi connectivity index (χ1v) is 8.66. The Bertz CT molecular complexity index is 666. The lowest BCUT2D eigenvalue weighted by Crippen LogP contribution is -2.50. The number of anilines is 1. The lowest BCUT2D eigenvalue weighted by Gasteiger charge is -2.34. The van der Waals surface area contributed by atoms with Crippen LogP contribution < -0.4 is 4.90 Å². The van der Waals surface area contributed by atoms with Gasteiger partial charge in [-0.3, -0.25) is 4.79 Å². The predicted octanol–water partition coefficient (Wildman–Crippen LogP) is 1.77. The standard InChI is InChI=1S/C19H24N4O2/c1-22(12-5-9-16-7-3-2-4-8-16)18(24)17-15-23(13-14-25-17)19-20-10-6-11-21-19/h2-4,6-8,10-11,17H,5,9,12-15H2,1H3. The number of morpholine rings is 1. The van der Waals surface area contributed by atoms with Gasteiger partial charge >= 0.3 is 0 Å². The number of carbonyl (C=O) groups is 1. The van der Waals surface area contributed by atoms with Crippen LogP contribution in [0.3, 0.4) is 0 Å². The molecule has 0 bridgehead atoms. The van der Waals surface area contributed by atoms with Crippen molar-refractivity contribution in [3.05, 3.63) is 54.4 Å². The number of nitrogens with zero attached hydrogens (tertiary/aromatic N) is 4. The van der Waals surface area contributed by atoms with Crippen molar-refractivity contribution < 1.29 is 9.53 Å². The molecule has 0 aliphatic carbocycles. The van der Waals surface area contributed by atoms with Crippen LogP contribution >= 0.6 is 0 Å². The van der Waals surface area contributed by atoms with Gasteiger partial charge in [0.1, 0.15) is 0 Å². The van der Waals surface area contributed by atoms with E-state index in [0.29, 0.717) is 25.6 Å². The van der Waals surface area contributed by atoms with Crippen molar-refractivity contribution in [2.75, 3.05) is 38.2 Å². The van der Waals surface area contributed by atoms with Crippen LogP contribution in [0.4, 0.5) is 5.95 Å². The predicted molar refractivity (Wildman–Crippen MR) is 96.4 cm³/mol. The molecular formula is C19H24N4O2. The molecule has 2 aromatic rings. The van der Waals surface area contributed by atoms with Gasteiger partial charge in [0.15, 0.2) is 6.10 Å². The van der Waals surface area contributed by atoms with E-state index in [9.17, 15) is 4.79 Å². The molecule has 0 radical (unpaired) electrons. The highest BCUT2D eigenvalue weighted by molar-refractivity contribution is 5.81. The second kappa shape index (κ2) is 8.58. The van der Waals surface area contributed by atoms with E-state index in [4.69, 9.17) is 4.74 Å². The SMILES string of the molecule is CN(CCCc1ccccc1)C(=O)C1CN(c2ncccn2)CCO1. The molecule has 132 valence electrons. The van der Waals surface area contributed by atoms with Crippen molar-refractivity contribution in [2.45, 2.75) is 18.9 Å². The third-order valence-electron chi connectivity index (χ3n) is 4.35. The highest BCUT2D eigenvalue weighted by Gasteiger charge is 2.29. The van der Waals surface area contributed by atoms with E-state index in [1.54, 1.807) is 23.4 Å². The van der Waals surface area contributed by atoms with E-state index in [1.807, 2.05) is 30.1 Å². The van der Waals surface area contributed by atoms with Crippen LogP contribution in [0.2, 0.25) is 0 Å². The molecule has 1 unspecified atom stereocenters. The largest absolute Gasteiger partial charge is 0.365 e. The average molecular weight is 340 g/mol. The van der Waals surface area contributed by atoms with Crippen molar-refractivity contribution in [1.29, 1.82) is 0 Å². The highest BCUT2D eigenvalue weighted by atomic mass is 16.5. The van der Waals surface area contributed by atoms with Gasteiger partial charge in [0, 0.05) is 32.5 Å². The number of hydrogen-bond donors (Lipinski definition) is 0. The Morgan fingerprint density at radius 2 is 2.00 bits per heavy atom. The topological polar surface area (TPSA) is 58.6 Å². The molecule has 1 saturated heterocycles. The van der Waals surface area contributed by atoms with Gasteiger partial charge in [-0.1, -0.05) is 30.3 Å². The van der Waals surface area contributed by atoms with Crippen molar-refractivity contribution in [3.8, 4) is 0 Å². The van der Waals surface area contributed by atoms with E-state index in [-0.39, 0.29) is 5.91 Å². The summed E-state index contributed by atoms with van der Waals surface area (Å²) in [5.41, 5.74) is 1.30. The first-order valence-electron chi connectivity index (χ1n) is 8.66. The average Bonchev–Trinajstić information content (AvgIpc) is 2.69. The van der Waals surface area contributed by atoms with Gasteiger partial charge in [-0.05, 0) is 24.5 Å². The number of aromatic nitrogens is 2. The fourth-order valence-electron chi connectivity index (χ4n) is 2.96. The van der Waals surface area contributed by atoms with Crippen molar-refractivity contribution in [3.63, 3.8) is 0 Å². The molecule has 6 heteroatoms. The maximum atomic E-state index is 12.7. The Hall–Kier alpha value is -2.47. The van der Waals surface area contributed by atoms with Gasteiger partial charge in [0.25, 0.3) is 5.91 Å². The summed E-state index contributed by atoms with van der Waals surface area (Å²) in [6.07, 6.45) is 4.87. The van der Waals surface area contributed by atoms with E-state index >= 15 is 0 Å². The lowest BCUT2D eigenvalue weighted by atomic mass is 10.1. The van der Waals surface area contributed by atoms with Gasteiger partial charge in [0.05, 0.1) is 13.2 Å². The molecule has 2 heterocycles. The van der Waals surface area contributed by atoms with Crippen LogP contribution in [0.1, 0.15) is 12.0 Å². The normalized spacial score (nSPS) is 17.3. The molecule has 6 nitrogen and oxygen atoms in total. The second-order valence-electron chi connectivity index (χ2n) is 6.20. The number of aryl methyl sites for hydroxylation is 1. The van der Waals surface area contributed by atoms with Crippen LogP contribution in [0, 0.1) is 0 Å². The lowest BCUT2D eigenvalue weighted by molar-refractivity contribution is -0.143. The van der Waals surface area contributed by atoms with Gasteiger partial charge < -0.3 is 14.5 Å². The van der Waals surface area contributed by atoms with Crippen LogP contribution in [-0.4, -0.2) is 60.2 Å². The zero-order chi connectivity index (χ0) is 17.5. The summed E-state index contributed by atoms with van der Waals surface area (Å²) >= 11 is 0. The molecule has 1 fully saturated rings. The third-order valence-corrected chi connectivity index (χ3v) is 4.35. The Labute approximate surface area is 148 Å². The first-order chi connectivity index (χ1) is 12.2. The number of carbonyl (C=O) groups excluding carboxylic acids is 1. The molecule has 0 N–H and O–H groups in total. The fourth-order valence-corrected chi connectivity index (χ4v) is 2.96. The smallest absolute Gasteiger partial charge is 0.253 e. The van der Waals surface area contributed by atoms with Crippen LogP contribution in [0.5, 0.6) is 0 Å².